The molecule has 0 bridgehead atoms. The van der Waals surface area contributed by atoms with Crippen LogP contribution in [0, 0.1) is 24.0 Å². The Hall–Kier alpha value is -3.94. The lowest BCUT2D eigenvalue weighted by Crippen LogP contribution is -2.32. The zero-order chi connectivity index (χ0) is 21.0. The van der Waals surface area contributed by atoms with Crippen molar-refractivity contribution in [2.24, 2.45) is 0 Å². The number of nitrogens with zero attached hydrogens (tertiary/aromatic N) is 1. The van der Waals surface area contributed by atoms with E-state index in [1.54, 1.807) is 6.07 Å². The number of rotatable bonds is 6. The molecule has 0 saturated carbocycles. The molecule has 0 spiro atoms. The summed E-state index contributed by atoms with van der Waals surface area (Å²) >= 11 is 0. The monoisotopic (exact) mass is 393 g/mol. The van der Waals surface area contributed by atoms with Gasteiger partial charge in [0, 0.05) is 23.4 Å². The number of nitro benzene ring substituents is 1. The van der Waals surface area contributed by atoms with Gasteiger partial charge >= 0.3 is 0 Å². The van der Waals surface area contributed by atoms with Crippen LogP contribution in [0.1, 0.15) is 21.7 Å². The van der Waals surface area contributed by atoms with Crippen molar-refractivity contribution in [1.82, 2.24) is 5.32 Å². The highest BCUT2D eigenvalue weighted by Gasteiger charge is 2.15. The molecule has 0 aliphatic heterocycles. The second-order valence-electron chi connectivity index (χ2n) is 6.47. The Morgan fingerprint density at radius 1 is 1.00 bits per heavy atom. The fraction of sp³-hybridized carbons (Fsp3) is 0.143. The number of aryl methyl sites for hydroxylation is 2. The van der Waals surface area contributed by atoms with Gasteiger partial charge in [-0.1, -0.05) is 18.2 Å². The lowest BCUT2D eigenvalue weighted by Gasteiger charge is -2.11. The van der Waals surface area contributed by atoms with Crippen molar-refractivity contribution in [2.45, 2.75) is 13.8 Å². The van der Waals surface area contributed by atoms with E-state index in [1.807, 2.05) is 32.0 Å². The minimum Gasteiger partial charge on any atom is -0.451 e. The number of furan rings is 1. The van der Waals surface area contributed by atoms with Crippen LogP contribution in [0.3, 0.4) is 0 Å². The van der Waals surface area contributed by atoms with Gasteiger partial charge < -0.3 is 15.1 Å². The number of hydrogen-bond acceptors (Lipinski definition) is 5. The van der Waals surface area contributed by atoms with Crippen LogP contribution in [-0.2, 0) is 4.79 Å². The molecule has 8 nitrogen and oxygen atoms in total. The number of non-ortho nitro benzene ring substituents is 1. The Morgan fingerprint density at radius 2 is 1.66 bits per heavy atom. The normalized spacial score (nSPS) is 10.4. The Labute approximate surface area is 166 Å². The number of anilines is 1. The summed E-state index contributed by atoms with van der Waals surface area (Å²) in [6, 6.07) is 14.6. The molecule has 0 radical (unpaired) electrons. The van der Waals surface area contributed by atoms with Crippen molar-refractivity contribution in [1.29, 1.82) is 0 Å². The van der Waals surface area contributed by atoms with Crippen LogP contribution in [-0.4, -0.2) is 23.3 Å². The fourth-order valence-electron chi connectivity index (χ4n) is 2.81. The van der Waals surface area contributed by atoms with Crippen molar-refractivity contribution in [3.8, 4) is 11.3 Å². The standard InChI is InChI=1S/C21H19N3O5/c1-13-4-3-5-14(2)20(13)23-19(25)12-22-21(26)18-11-10-17(29-18)15-6-8-16(9-7-15)24(27)28/h3-11H,12H2,1-2H3,(H,22,26)(H,23,25). The SMILES string of the molecule is Cc1cccc(C)c1NC(=O)CNC(=O)c1ccc(-c2ccc([N+](=O)[O-])cc2)o1. The minimum absolute atomic E-state index is 0.0341. The van der Waals surface area contributed by atoms with Crippen molar-refractivity contribution in [3.63, 3.8) is 0 Å². The highest BCUT2D eigenvalue weighted by Crippen LogP contribution is 2.24. The molecular weight excluding hydrogens is 374 g/mol. The lowest BCUT2D eigenvalue weighted by molar-refractivity contribution is -0.384. The summed E-state index contributed by atoms with van der Waals surface area (Å²) in [5.41, 5.74) is 3.16. The summed E-state index contributed by atoms with van der Waals surface area (Å²) in [6.45, 7) is 3.58. The van der Waals surface area contributed by atoms with Crippen LogP contribution in [0.15, 0.2) is 59.0 Å². The molecule has 8 heteroatoms. The molecule has 0 aliphatic carbocycles. The number of nitro groups is 1. The van der Waals surface area contributed by atoms with Crippen LogP contribution in [0.2, 0.25) is 0 Å². The van der Waals surface area contributed by atoms with Gasteiger partial charge in [-0.2, -0.15) is 0 Å². The molecule has 0 unspecified atom stereocenters. The topological polar surface area (TPSA) is 114 Å². The Balaban J connectivity index is 1.60. The maximum Gasteiger partial charge on any atom is 0.287 e. The second-order valence-corrected chi connectivity index (χ2v) is 6.47. The Kier molecular flexibility index (Phi) is 5.73. The Morgan fingerprint density at radius 3 is 2.28 bits per heavy atom. The molecule has 2 aromatic carbocycles. The number of hydrogen-bond donors (Lipinski definition) is 2. The number of nitrogens with one attached hydrogen (secondary N) is 2. The van der Waals surface area contributed by atoms with E-state index in [0.717, 1.165) is 16.8 Å². The number of para-hydroxylation sites is 1. The lowest BCUT2D eigenvalue weighted by atomic mass is 10.1. The first-order chi connectivity index (χ1) is 13.8. The van der Waals surface area contributed by atoms with Crippen LogP contribution in [0.25, 0.3) is 11.3 Å². The smallest absolute Gasteiger partial charge is 0.287 e. The maximum absolute atomic E-state index is 12.2. The van der Waals surface area contributed by atoms with Crippen LogP contribution >= 0.6 is 0 Å². The van der Waals surface area contributed by atoms with E-state index in [1.165, 1.54) is 30.3 Å². The van der Waals surface area contributed by atoms with Gasteiger partial charge in [-0.15, -0.1) is 0 Å². The maximum atomic E-state index is 12.2. The summed E-state index contributed by atoms with van der Waals surface area (Å²) in [5, 5.41) is 16.0. The average Bonchev–Trinajstić information content (AvgIpc) is 3.19. The number of benzene rings is 2. The predicted octanol–water partition coefficient (Wildman–Crippen LogP) is 3.84. The third-order valence-electron chi connectivity index (χ3n) is 4.35. The van der Waals surface area contributed by atoms with Gasteiger partial charge in [-0.05, 0) is 49.2 Å². The van der Waals surface area contributed by atoms with E-state index in [-0.39, 0.29) is 23.9 Å². The molecule has 2 amide bonds. The first-order valence-corrected chi connectivity index (χ1v) is 8.84. The van der Waals surface area contributed by atoms with Crippen LogP contribution in [0.5, 0.6) is 0 Å². The van der Waals surface area contributed by atoms with Gasteiger partial charge in [0.05, 0.1) is 11.5 Å². The molecule has 3 aromatic rings. The van der Waals surface area contributed by atoms with Crippen molar-refractivity contribution in [3.05, 3.63) is 81.6 Å². The summed E-state index contributed by atoms with van der Waals surface area (Å²) in [6.07, 6.45) is 0. The summed E-state index contributed by atoms with van der Waals surface area (Å²) in [7, 11) is 0. The summed E-state index contributed by atoms with van der Waals surface area (Å²) in [5.74, 6) is -0.448. The summed E-state index contributed by atoms with van der Waals surface area (Å²) < 4.78 is 5.51. The highest BCUT2D eigenvalue weighted by atomic mass is 16.6. The Bertz CT molecular complexity index is 1050. The first kappa shape index (κ1) is 19.8. The molecule has 2 N–H and O–H groups in total. The highest BCUT2D eigenvalue weighted by molar-refractivity contribution is 5.98. The van der Waals surface area contributed by atoms with Gasteiger partial charge in [0.15, 0.2) is 5.76 Å². The van der Waals surface area contributed by atoms with Gasteiger partial charge in [0.25, 0.3) is 11.6 Å². The van der Waals surface area contributed by atoms with Gasteiger partial charge in [-0.25, -0.2) is 0 Å². The van der Waals surface area contributed by atoms with Crippen molar-refractivity contribution < 1.29 is 18.9 Å². The van der Waals surface area contributed by atoms with Crippen LogP contribution < -0.4 is 10.6 Å². The molecule has 0 saturated heterocycles. The van der Waals surface area contributed by atoms with E-state index in [2.05, 4.69) is 10.6 Å². The first-order valence-electron chi connectivity index (χ1n) is 8.84. The van der Waals surface area contributed by atoms with Crippen molar-refractivity contribution in [2.75, 3.05) is 11.9 Å². The number of amides is 2. The van der Waals surface area contributed by atoms with Gasteiger partial charge in [0.1, 0.15) is 5.76 Å². The molecule has 1 aromatic heterocycles. The molecule has 1 heterocycles. The average molecular weight is 393 g/mol. The molecule has 0 atom stereocenters. The van der Waals surface area contributed by atoms with Crippen molar-refractivity contribution >= 4 is 23.2 Å². The zero-order valence-electron chi connectivity index (χ0n) is 15.9. The second kappa shape index (κ2) is 8.39. The predicted molar refractivity (Wildman–Crippen MR) is 108 cm³/mol. The molecule has 0 aliphatic rings. The van der Waals surface area contributed by atoms with E-state index >= 15 is 0 Å². The zero-order valence-corrected chi connectivity index (χ0v) is 15.9. The van der Waals surface area contributed by atoms with Gasteiger partial charge in [0.2, 0.25) is 5.91 Å². The largest absolute Gasteiger partial charge is 0.451 e. The number of carbonyl (C=O) groups excluding carboxylic acids is 2. The fourth-order valence-corrected chi connectivity index (χ4v) is 2.81. The van der Waals surface area contributed by atoms with E-state index in [4.69, 9.17) is 4.42 Å². The molecule has 0 fully saturated rings. The summed E-state index contributed by atoms with van der Waals surface area (Å²) in [4.78, 5) is 34.6. The van der Waals surface area contributed by atoms with E-state index < -0.39 is 10.8 Å². The van der Waals surface area contributed by atoms with Crippen LogP contribution in [0.4, 0.5) is 11.4 Å². The molecular formula is C21H19N3O5. The molecule has 148 valence electrons. The number of carbonyl (C=O) groups is 2. The van der Waals surface area contributed by atoms with E-state index in [0.29, 0.717) is 11.3 Å². The third-order valence-corrected chi connectivity index (χ3v) is 4.35. The molecule has 29 heavy (non-hydrogen) atoms. The molecule has 3 rings (SSSR count). The minimum atomic E-state index is -0.533. The quantitative estimate of drug-likeness (QED) is 0.488. The third kappa shape index (κ3) is 4.67. The van der Waals surface area contributed by atoms with E-state index in [9.17, 15) is 19.7 Å². The van der Waals surface area contributed by atoms with Gasteiger partial charge in [-0.3, -0.25) is 19.7 Å².